The first-order chi connectivity index (χ1) is 13.1. The van der Waals surface area contributed by atoms with Gasteiger partial charge in [0.05, 0.1) is 11.1 Å². The lowest BCUT2D eigenvalue weighted by Gasteiger charge is -2.11. The standard InChI is InChI=1S/C18H17N5O4/c1-14-4-2-3-5-17(14)26-8-9-27-18-7-6-16(23(24)25)10-15(18)11-21-22-12-19-20-13-22/h2-7,10-13H,8-9H2,1H3/b21-11+. The number of aryl methyl sites for hydroxylation is 1. The first-order valence-electron chi connectivity index (χ1n) is 8.12. The van der Waals surface area contributed by atoms with E-state index in [1.807, 2.05) is 31.2 Å². The van der Waals surface area contributed by atoms with Gasteiger partial charge in [-0.25, -0.2) is 4.68 Å². The second kappa shape index (κ2) is 8.56. The summed E-state index contributed by atoms with van der Waals surface area (Å²) in [7, 11) is 0. The van der Waals surface area contributed by atoms with Gasteiger partial charge in [0.15, 0.2) is 0 Å². The Morgan fingerprint density at radius 3 is 2.52 bits per heavy atom. The zero-order valence-corrected chi connectivity index (χ0v) is 14.6. The molecule has 0 atom stereocenters. The molecule has 1 aromatic heterocycles. The summed E-state index contributed by atoms with van der Waals surface area (Å²) in [6, 6.07) is 12.0. The highest BCUT2D eigenvalue weighted by atomic mass is 16.6. The fourth-order valence-corrected chi connectivity index (χ4v) is 2.29. The van der Waals surface area contributed by atoms with E-state index in [0.29, 0.717) is 17.9 Å². The summed E-state index contributed by atoms with van der Waals surface area (Å²) < 4.78 is 12.8. The normalized spacial score (nSPS) is 10.9. The Morgan fingerprint density at radius 1 is 1.11 bits per heavy atom. The molecule has 0 spiro atoms. The predicted octanol–water partition coefficient (Wildman–Crippen LogP) is 2.83. The molecule has 1 heterocycles. The van der Waals surface area contributed by atoms with Crippen LogP contribution in [-0.4, -0.2) is 39.2 Å². The maximum atomic E-state index is 11.0. The number of aromatic nitrogens is 3. The van der Waals surface area contributed by atoms with E-state index in [9.17, 15) is 10.1 Å². The first-order valence-corrected chi connectivity index (χ1v) is 8.12. The smallest absolute Gasteiger partial charge is 0.270 e. The largest absolute Gasteiger partial charge is 0.490 e. The van der Waals surface area contributed by atoms with Crippen LogP contribution < -0.4 is 9.47 Å². The SMILES string of the molecule is Cc1ccccc1OCCOc1ccc([N+](=O)[O-])cc1/C=N/n1cnnc1. The molecule has 2 aromatic carbocycles. The fourth-order valence-electron chi connectivity index (χ4n) is 2.29. The molecular weight excluding hydrogens is 350 g/mol. The molecule has 3 aromatic rings. The third-order valence-corrected chi connectivity index (χ3v) is 3.63. The molecule has 0 aliphatic rings. The number of nitro groups is 1. The van der Waals surface area contributed by atoms with Gasteiger partial charge in [-0.3, -0.25) is 10.1 Å². The van der Waals surface area contributed by atoms with Crippen molar-refractivity contribution in [3.63, 3.8) is 0 Å². The van der Waals surface area contributed by atoms with Crippen LogP contribution in [0.1, 0.15) is 11.1 Å². The van der Waals surface area contributed by atoms with E-state index in [-0.39, 0.29) is 12.3 Å². The minimum absolute atomic E-state index is 0.0521. The average molecular weight is 367 g/mol. The molecule has 0 aliphatic heterocycles. The van der Waals surface area contributed by atoms with Crippen LogP contribution >= 0.6 is 0 Å². The third kappa shape index (κ3) is 4.88. The maximum Gasteiger partial charge on any atom is 0.270 e. The average Bonchev–Trinajstić information content (AvgIpc) is 3.19. The van der Waals surface area contributed by atoms with Crippen LogP contribution in [0, 0.1) is 17.0 Å². The lowest BCUT2D eigenvalue weighted by molar-refractivity contribution is -0.384. The van der Waals surface area contributed by atoms with Gasteiger partial charge in [-0.1, -0.05) is 18.2 Å². The van der Waals surface area contributed by atoms with Gasteiger partial charge < -0.3 is 9.47 Å². The second-order valence-corrected chi connectivity index (χ2v) is 5.53. The lowest BCUT2D eigenvalue weighted by atomic mass is 10.2. The highest BCUT2D eigenvalue weighted by Crippen LogP contribution is 2.23. The topological polar surface area (TPSA) is 105 Å². The summed E-state index contributed by atoms with van der Waals surface area (Å²) >= 11 is 0. The number of hydrogen-bond donors (Lipinski definition) is 0. The Hall–Kier alpha value is -3.75. The van der Waals surface area contributed by atoms with E-state index in [0.717, 1.165) is 11.3 Å². The minimum Gasteiger partial charge on any atom is -0.490 e. The van der Waals surface area contributed by atoms with Crippen molar-refractivity contribution in [2.75, 3.05) is 13.2 Å². The van der Waals surface area contributed by atoms with Crippen molar-refractivity contribution < 1.29 is 14.4 Å². The van der Waals surface area contributed by atoms with Crippen LogP contribution in [0.4, 0.5) is 5.69 Å². The number of hydrogen-bond acceptors (Lipinski definition) is 7. The molecule has 0 fully saturated rings. The molecule has 0 unspecified atom stereocenters. The van der Waals surface area contributed by atoms with Crippen molar-refractivity contribution in [1.29, 1.82) is 0 Å². The highest BCUT2D eigenvalue weighted by molar-refractivity contribution is 5.84. The van der Waals surface area contributed by atoms with Crippen LogP contribution in [0.15, 0.2) is 60.2 Å². The van der Waals surface area contributed by atoms with Crippen molar-refractivity contribution in [1.82, 2.24) is 14.9 Å². The summed E-state index contributed by atoms with van der Waals surface area (Å²) in [5.74, 6) is 1.25. The predicted molar refractivity (Wildman–Crippen MR) is 98.3 cm³/mol. The number of para-hydroxylation sites is 1. The van der Waals surface area contributed by atoms with Crippen molar-refractivity contribution in [3.8, 4) is 11.5 Å². The van der Waals surface area contributed by atoms with Gasteiger partial charge in [0.1, 0.15) is 37.4 Å². The Bertz CT molecular complexity index is 941. The van der Waals surface area contributed by atoms with Crippen LogP contribution in [-0.2, 0) is 0 Å². The molecule has 0 saturated heterocycles. The van der Waals surface area contributed by atoms with Crippen molar-refractivity contribution >= 4 is 11.9 Å². The molecule has 3 rings (SSSR count). The number of ether oxygens (including phenoxy) is 2. The van der Waals surface area contributed by atoms with E-state index >= 15 is 0 Å². The lowest BCUT2D eigenvalue weighted by Crippen LogP contribution is -2.10. The zero-order valence-electron chi connectivity index (χ0n) is 14.6. The molecule has 0 amide bonds. The van der Waals surface area contributed by atoms with Crippen molar-refractivity contribution in [3.05, 3.63) is 76.4 Å². The van der Waals surface area contributed by atoms with E-state index in [4.69, 9.17) is 9.47 Å². The molecule has 0 N–H and O–H groups in total. The Morgan fingerprint density at radius 2 is 1.81 bits per heavy atom. The van der Waals surface area contributed by atoms with Crippen molar-refractivity contribution in [2.45, 2.75) is 6.92 Å². The zero-order chi connectivity index (χ0) is 19.1. The third-order valence-electron chi connectivity index (χ3n) is 3.63. The van der Waals surface area contributed by atoms with Crippen LogP contribution in [0.3, 0.4) is 0 Å². The summed E-state index contributed by atoms with van der Waals surface area (Å²) in [5.41, 5.74) is 1.45. The second-order valence-electron chi connectivity index (χ2n) is 5.53. The summed E-state index contributed by atoms with van der Waals surface area (Å²) in [5, 5.41) is 22.4. The number of nitrogens with zero attached hydrogens (tertiary/aromatic N) is 5. The van der Waals surface area contributed by atoms with Gasteiger partial charge >= 0.3 is 0 Å². The van der Waals surface area contributed by atoms with Gasteiger partial charge in [-0.05, 0) is 24.6 Å². The fraction of sp³-hybridized carbons (Fsp3) is 0.167. The number of nitro benzene ring substituents is 1. The minimum atomic E-state index is -0.471. The monoisotopic (exact) mass is 367 g/mol. The van der Waals surface area contributed by atoms with E-state index < -0.39 is 4.92 Å². The van der Waals surface area contributed by atoms with E-state index in [1.165, 1.54) is 35.7 Å². The van der Waals surface area contributed by atoms with Crippen LogP contribution in [0.5, 0.6) is 11.5 Å². The molecule has 0 aliphatic carbocycles. The molecule has 27 heavy (non-hydrogen) atoms. The van der Waals surface area contributed by atoms with Gasteiger partial charge in [0.2, 0.25) is 0 Å². The number of non-ortho nitro benzene ring substituents is 1. The molecule has 0 bridgehead atoms. The van der Waals surface area contributed by atoms with E-state index in [1.54, 1.807) is 6.07 Å². The molecule has 9 nitrogen and oxygen atoms in total. The molecule has 0 radical (unpaired) electrons. The maximum absolute atomic E-state index is 11.0. The van der Waals surface area contributed by atoms with E-state index in [2.05, 4.69) is 15.3 Å². The molecule has 0 saturated carbocycles. The summed E-state index contributed by atoms with van der Waals surface area (Å²) in [6.45, 7) is 2.58. The Kier molecular flexibility index (Phi) is 5.73. The first kappa shape index (κ1) is 18.1. The van der Waals surface area contributed by atoms with Gasteiger partial charge in [-0.2, -0.15) is 5.10 Å². The van der Waals surface area contributed by atoms with Crippen LogP contribution in [0.25, 0.3) is 0 Å². The molecular formula is C18H17N5O4. The molecule has 138 valence electrons. The van der Waals surface area contributed by atoms with Crippen LogP contribution in [0.2, 0.25) is 0 Å². The van der Waals surface area contributed by atoms with Gasteiger partial charge in [0.25, 0.3) is 5.69 Å². The number of rotatable bonds is 8. The van der Waals surface area contributed by atoms with Gasteiger partial charge in [0, 0.05) is 17.7 Å². The summed E-state index contributed by atoms with van der Waals surface area (Å²) in [4.78, 5) is 10.6. The highest BCUT2D eigenvalue weighted by Gasteiger charge is 2.11. The van der Waals surface area contributed by atoms with Crippen molar-refractivity contribution in [2.24, 2.45) is 5.10 Å². The van der Waals surface area contributed by atoms with Gasteiger partial charge in [-0.15, -0.1) is 10.2 Å². The molecule has 9 heteroatoms. The Balaban J connectivity index is 1.68. The summed E-state index contributed by atoms with van der Waals surface area (Å²) in [6.07, 6.45) is 4.27. The quantitative estimate of drug-likeness (QED) is 0.262. The number of benzene rings is 2. The Labute approximate surface area is 155 Å².